The molecule has 1 aromatic rings. The van der Waals surface area contributed by atoms with Crippen molar-refractivity contribution in [1.29, 1.82) is 0 Å². The van der Waals surface area contributed by atoms with Gasteiger partial charge in [-0.05, 0) is 32.3 Å². The van der Waals surface area contributed by atoms with Crippen LogP contribution in [0.15, 0.2) is 23.3 Å². The molecule has 0 saturated heterocycles. The van der Waals surface area contributed by atoms with Gasteiger partial charge >= 0.3 is 0 Å². The number of hydrogen-bond acceptors (Lipinski definition) is 6. The monoisotopic (exact) mass is 303 g/mol. The van der Waals surface area contributed by atoms with E-state index in [-0.39, 0.29) is 18.4 Å². The van der Waals surface area contributed by atoms with Crippen molar-refractivity contribution >= 4 is 29.0 Å². The Bertz CT molecular complexity index is 656. The molecule has 2 aliphatic rings. The van der Waals surface area contributed by atoms with E-state index in [1.165, 1.54) is 0 Å². The number of fused-ring (bicyclic) bond motifs is 3. The summed E-state index contributed by atoms with van der Waals surface area (Å²) in [6.07, 6.45) is 0. The van der Waals surface area contributed by atoms with E-state index in [2.05, 4.69) is 15.8 Å². The molecule has 0 aliphatic carbocycles. The Hall–Kier alpha value is -2.61. The van der Waals surface area contributed by atoms with Gasteiger partial charge in [0.15, 0.2) is 5.84 Å². The maximum absolute atomic E-state index is 11.8. The molecule has 3 rings (SSSR count). The van der Waals surface area contributed by atoms with Crippen LogP contribution in [-0.2, 0) is 9.59 Å². The number of benzene rings is 1. The molecule has 0 atom stereocenters. The fraction of sp³-hybridized carbons (Fsp3) is 0.357. The highest BCUT2D eigenvalue weighted by Gasteiger charge is 2.29. The zero-order valence-electron chi connectivity index (χ0n) is 12.4. The second-order valence-electron chi connectivity index (χ2n) is 5.41. The average molecular weight is 303 g/mol. The van der Waals surface area contributed by atoms with Gasteiger partial charge in [0.2, 0.25) is 5.91 Å². The van der Waals surface area contributed by atoms with Crippen molar-refractivity contribution in [2.24, 2.45) is 5.10 Å². The molecule has 0 saturated carbocycles. The van der Waals surface area contributed by atoms with E-state index >= 15 is 0 Å². The highest BCUT2D eigenvalue weighted by molar-refractivity contribution is 6.08. The van der Waals surface area contributed by atoms with Crippen LogP contribution in [0, 0.1) is 0 Å². The van der Waals surface area contributed by atoms with Crippen LogP contribution in [0.2, 0.25) is 0 Å². The molecule has 1 aromatic carbocycles. The van der Waals surface area contributed by atoms with E-state index in [1.54, 1.807) is 28.0 Å². The largest absolute Gasteiger partial charge is 0.483 e. The Morgan fingerprint density at radius 2 is 2.32 bits per heavy atom. The molecule has 0 bridgehead atoms. The third-order valence-corrected chi connectivity index (χ3v) is 3.27. The molecule has 0 fully saturated rings. The Kier molecular flexibility index (Phi) is 3.68. The third-order valence-electron chi connectivity index (χ3n) is 3.27. The number of carbonyl (C=O) groups excluding carboxylic acids is 2. The van der Waals surface area contributed by atoms with Crippen molar-refractivity contribution in [3.63, 3.8) is 0 Å². The number of carbonyl (C=O) groups is 2. The number of nitrogens with zero attached hydrogens (tertiary/aromatic N) is 3. The summed E-state index contributed by atoms with van der Waals surface area (Å²) < 4.78 is 5.61. The molecule has 2 heterocycles. The van der Waals surface area contributed by atoms with Crippen LogP contribution in [0.25, 0.3) is 0 Å². The molecule has 0 spiro atoms. The normalized spacial score (nSPS) is 16.2. The Labute approximate surface area is 127 Å². The average Bonchev–Trinajstić information content (AvgIpc) is 2.46. The minimum atomic E-state index is -0.182. The van der Waals surface area contributed by atoms with Gasteiger partial charge in [-0.25, -0.2) is 5.43 Å². The smallest absolute Gasteiger partial charge is 0.260 e. The molecule has 116 valence electrons. The van der Waals surface area contributed by atoms with Gasteiger partial charge in [-0.3, -0.25) is 9.59 Å². The van der Waals surface area contributed by atoms with Crippen molar-refractivity contribution in [2.45, 2.75) is 0 Å². The van der Waals surface area contributed by atoms with Crippen molar-refractivity contribution in [3.05, 3.63) is 18.2 Å². The topological polar surface area (TPSA) is 86.3 Å². The van der Waals surface area contributed by atoms with Crippen LogP contribution in [0.4, 0.5) is 11.4 Å². The van der Waals surface area contributed by atoms with Gasteiger partial charge in [-0.15, -0.1) is 0 Å². The Morgan fingerprint density at radius 1 is 1.50 bits per heavy atom. The van der Waals surface area contributed by atoms with Gasteiger partial charge in [-0.1, -0.05) is 0 Å². The number of hydrogen-bond donors (Lipinski definition) is 2. The number of likely N-dealkylation sites (N-methyl/N-ethyl adjacent to an activating group) is 1. The van der Waals surface area contributed by atoms with Crippen LogP contribution in [-0.4, -0.2) is 56.3 Å². The minimum absolute atomic E-state index is 0.105. The highest BCUT2D eigenvalue weighted by atomic mass is 16.5. The SMILES string of the molecule is CN(C)CC(=O)Nc1ccc2c(c1)N1CC(=O)NN=C1CO2. The molecular formula is C14H17N5O3. The lowest BCUT2D eigenvalue weighted by atomic mass is 10.2. The number of hydrazone groups is 1. The maximum atomic E-state index is 11.8. The summed E-state index contributed by atoms with van der Waals surface area (Å²) in [5.74, 6) is 1.02. The van der Waals surface area contributed by atoms with E-state index in [0.29, 0.717) is 30.4 Å². The lowest BCUT2D eigenvalue weighted by Gasteiger charge is -2.34. The van der Waals surface area contributed by atoms with Crippen LogP contribution < -0.4 is 20.4 Å². The summed E-state index contributed by atoms with van der Waals surface area (Å²) in [6, 6.07) is 5.35. The minimum Gasteiger partial charge on any atom is -0.483 e. The van der Waals surface area contributed by atoms with Gasteiger partial charge in [0.1, 0.15) is 18.9 Å². The van der Waals surface area contributed by atoms with Crippen LogP contribution in [0.3, 0.4) is 0 Å². The number of amides is 2. The Morgan fingerprint density at radius 3 is 3.09 bits per heavy atom. The molecule has 2 aliphatic heterocycles. The van der Waals surface area contributed by atoms with Gasteiger partial charge in [0.25, 0.3) is 5.91 Å². The van der Waals surface area contributed by atoms with Crippen molar-refractivity contribution in [2.75, 3.05) is 44.0 Å². The number of amidine groups is 1. The Balaban J connectivity index is 1.84. The predicted octanol–water partition coefficient (Wildman–Crippen LogP) is -0.171. The van der Waals surface area contributed by atoms with E-state index in [9.17, 15) is 9.59 Å². The maximum Gasteiger partial charge on any atom is 0.260 e. The summed E-state index contributed by atoms with van der Waals surface area (Å²) in [4.78, 5) is 27.0. The first-order valence-corrected chi connectivity index (χ1v) is 6.87. The first-order valence-electron chi connectivity index (χ1n) is 6.87. The first kappa shape index (κ1) is 14.3. The van der Waals surface area contributed by atoms with Gasteiger partial charge in [0, 0.05) is 5.69 Å². The van der Waals surface area contributed by atoms with Crippen molar-refractivity contribution in [1.82, 2.24) is 10.3 Å². The second kappa shape index (κ2) is 5.64. The molecule has 22 heavy (non-hydrogen) atoms. The molecule has 0 radical (unpaired) electrons. The van der Waals surface area contributed by atoms with E-state index in [1.807, 2.05) is 14.1 Å². The lowest BCUT2D eigenvalue weighted by molar-refractivity contribution is -0.120. The zero-order chi connectivity index (χ0) is 15.7. The number of anilines is 2. The molecule has 0 aromatic heterocycles. The molecular weight excluding hydrogens is 286 g/mol. The van der Waals surface area contributed by atoms with Crippen LogP contribution in [0.1, 0.15) is 0 Å². The van der Waals surface area contributed by atoms with Crippen LogP contribution >= 0.6 is 0 Å². The quantitative estimate of drug-likeness (QED) is 0.809. The molecule has 2 amide bonds. The van der Waals surface area contributed by atoms with Crippen LogP contribution in [0.5, 0.6) is 5.75 Å². The van der Waals surface area contributed by atoms with Gasteiger partial charge < -0.3 is 19.9 Å². The summed E-state index contributed by atoms with van der Waals surface area (Å²) in [6.45, 7) is 0.788. The summed E-state index contributed by atoms with van der Waals surface area (Å²) >= 11 is 0. The lowest BCUT2D eigenvalue weighted by Crippen LogP contribution is -2.49. The fourth-order valence-electron chi connectivity index (χ4n) is 2.35. The molecule has 8 heteroatoms. The second-order valence-corrected chi connectivity index (χ2v) is 5.41. The standard InChI is InChI=1S/C14H17N5O3/c1-18(2)6-13(20)15-9-3-4-11-10(5-9)19-7-14(21)17-16-12(19)8-22-11/h3-5H,6-8H2,1-2H3,(H,15,20)(H,17,21). The number of nitrogens with one attached hydrogen (secondary N) is 2. The zero-order valence-corrected chi connectivity index (χ0v) is 12.4. The van der Waals surface area contributed by atoms with E-state index in [4.69, 9.17) is 4.74 Å². The first-order chi connectivity index (χ1) is 10.5. The molecule has 2 N–H and O–H groups in total. The third kappa shape index (κ3) is 2.86. The van der Waals surface area contributed by atoms with Crippen molar-refractivity contribution in [3.8, 4) is 5.75 Å². The summed E-state index contributed by atoms with van der Waals surface area (Å²) in [5.41, 5.74) is 3.81. The highest BCUT2D eigenvalue weighted by Crippen LogP contribution is 2.35. The fourth-order valence-corrected chi connectivity index (χ4v) is 2.35. The van der Waals surface area contributed by atoms with E-state index < -0.39 is 0 Å². The van der Waals surface area contributed by atoms with E-state index in [0.717, 1.165) is 5.69 Å². The summed E-state index contributed by atoms with van der Waals surface area (Å²) in [5, 5.41) is 6.81. The number of ether oxygens (including phenoxy) is 1. The molecule has 8 nitrogen and oxygen atoms in total. The van der Waals surface area contributed by atoms with Gasteiger partial charge in [-0.2, -0.15) is 5.10 Å². The summed E-state index contributed by atoms with van der Waals surface area (Å²) in [7, 11) is 3.66. The number of rotatable bonds is 3. The predicted molar refractivity (Wildman–Crippen MR) is 82.0 cm³/mol. The van der Waals surface area contributed by atoms with Gasteiger partial charge in [0.05, 0.1) is 12.2 Å². The molecule has 0 unspecified atom stereocenters. The van der Waals surface area contributed by atoms with Crippen molar-refractivity contribution < 1.29 is 14.3 Å².